The van der Waals surface area contributed by atoms with Crippen molar-refractivity contribution in [3.05, 3.63) is 22.7 Å². The molecule has 0 fully saturated rings. The molecule has 0 aliphatic carbocycles. The number of aromatic nitrogens is 2. The Balaban J connectivity index is 1.98. The SMILES string of the molecule is COc1cc(NC(=O)[C@@H]2CC(=O)Nc3nc(N)nc(N)c32)c(OC)cc1Cl. The number of nitrogens with two attached hydrogens (primary N) is 2. The molecule has 2 heterocycles. The Morgan fingerprint density at radius 1 is 1.26 bits per heavy atom. The summed E-state index contributed by atoms with van der Waals surface area (Å²) >= 11 is 6.07. The van der Waals surface area contributed by atoms with Crippen molar-refractivity contribution >= 4 is 46.7 Å². The van der Waals surface area contributed by atoms with Crippen LogP contribution in [-0.4, -0.2) is 36.0 Å². The van der Waals surface area contributed by atoms with Gasteiger partial charge in [0.1, 0.15) is 23.1 Å². The molecule has 0 unspecified atom stereocenters. The molecule has 0 spiro atoms. The predicted molar refractivity (Wildman–Crippen MR) is 100 cm³/mol. The van der Waals surface area contributed by atoms with Gasteiger partial charge in [0.15, 0.2) is 0 Å². The molecule has 0 bridgehead atoms. The molecule has 1 atom stereocenters. The minimum absolute atomic E-state index is 0.0262. The van der Waals surface area contributed by atoms with Crippen LogP contribution in [0, 0.1) is 0 Å². The van der Waals surface area contributed by atoms with Crippen molar-refractivity contribution in [2.24, 2.45) is 0 Å². The molecule has 10 nitrogen and oxygen atoms in total. The Bertz CT molecular complexity index is 936. The third-order valence-corrected chi connectivity index (χ3v) is 4.33. The fraction of sp³-hybridized carbons (Fsp3) is 0.250. The number of carbonyl (C=O) groups is 2. The number of methoxy groups -OCH3 is 2. The molecule has 1 aliphatic heterocycles. The van der Waals surface area contributed by atoms with E-state index >= 15 is 0 Å². The van der Waals surface area contributed by atoms with Crippen LogP contribution in [0.5, 0.6) is 11.5 Å². The number of anilines is 4. The van der Waals surface area contributed by atoms with Gasteiger partial charge in [0.25, 0.3) is 0 Å². The number of carbonyl (C=O) groups excluding carboxylic acids is 2. The average molecular weight is 393 g/mol. The Morgan fingerprint density at radius 2 is 1.96 bits per heavy atom. The first kappa shape index (κ1) is 18.5. The van der Waals surface area contributed by atoms with Gasteiger partial charge in [-0.2, -0.15) is 9.97 Å². The van der Waals surface area contributed by atoms with Gasteiger partial charge < -0.3 is 31.6 Å². The highest BCUT2D eigenvalue weighted by Gasteiger charge is 2.35. The second-order valence-electron chi connectivity index (χ2n) is 5.71. The summed E-state index contributed by atoms with van der Waals surface area (Å²) < 4.78 is 10.4. The lowest BCUT2D eigenvalue weighted by molar-refractivity contribution is -0.123. The van der Waals surface area contributed by atoms with Crippen LogP contribution in [0.15, 0.2) is 12.1 Å². The van der Waals surface area contributed by atoms with E-state index in [0.717, 1.165) is 0 Å². The van der Waals surface area contributed by atoms with Gasteiger partial charge in [0.2, 0.25) is 17.8 Å². The second-order valence-corrected chi connectivity index (χ2v) is 6.12. The van der Waals surface area contributed by atoms with Crippen LogP contribution in [-0.2, 0) is 9.59 Å². The molecule has 1 aromatic carbocycles. The standard InChI is InChI=1S/C16H17ClN6O4/c1-26-9-5-8(10(27-2)4-7(9)17)20-15(25)6-3-11(24)21-14-12(6)13(18)22-16(19)23-14/h4-6H,3H2,1-2H3,(H,20,25)(H5,18,19,21,22,23,24)/t6-/m1/s1. The molecule has 0 radical (unpaired) electrons. The maximum atomic E-state index is 12.9. The van der Waals surface area contributed by atoms with Crippen LogP contribution in [0.4, 0.5) is 23.3 Å². The Kier molecular flexibility index (Phi) is 4.91. The zero-order chi connectivity index (χ0) is 19.7. The van der Waals surface area contributed by atoms with E-state index in [1.165, 1.54) is 26.4 Å². The van der Waals surface area contributed by atoms with Crippen LogP contribution in [0.25, 0.3) is 0 Å². The first-order valence-corrected chi connectivity index (χ1v) is 8.17. The van der Waals surface area contributed by atoms with Gasteiger partial charge in [0.05, 0.1) is 36.4 Å². The van der Waals surface area contributed by atoms with Crippen LogP contribution >= 0.6 is 11.6 Å². The first-order chi connectivity index (χ1) is 12.8. The summed E-state index contributed by atoms with van der Waals surface area (Å²) in [7, 11) is 2.88. The zero-order valence-corrected chi connectivity index (χ0v) is 15.3. The molecular formula is C16H17ClN6O4. The van der Waals surface area contributed by atoms with E-state index in [0.29, 0.717) is 27.8 Å². The van der Waals surface area contributed by atoms with Crippen molar-refractivity contribution in [2.45, 2.75) is 12.3 Å². The maximum absolute atomic E-state index is 12.9. The summed E-state index contributed by atoms with van der Waals surface area (Å²) in [6.07, 6.45) is -0.122. The summed E-state index contributed by atoms with van der Waals surface area (Å²) in [5.41, 5.74) is 12.1. The number of ether oxygens (including phenoxy) is 2. The Morgan fingerprint density at radius 3 is 2.63 bits per heavy atom. The van der Waals surface area contributed by atoms with Gasteiger partial charge in [-0.05, 0) is 0 Å². The molecule has 11 heteroatoms. The van der Waals surface area contributed by atoms with Crippen molar-refractivity contribution < 1.29 is 19.1 Å². The highest BCUT2D eigenvalue weighted by atomic mass is 35.5. The van der Waals surface area contributed by atoms with Gasteiger partial charge >= 0.3 is 0 Å². The van der Waals surface area contributed by atoms with Crippen molar-refractivity contribution in [2.75, 3.05) is 36.3 Å². The lowest BCUT2D eigenvalue weighted by atomic mass is 9.92. The normalized spacial score (nSPS) is 15.5. The predicted octanol–water partition coefficient (Wildman–Crippen LogP) is 1.38. The van der Waals surface area contributed by atoms with Gasteiger partial charge in [-0.15, -0.1) is 0 Å². The van der Waals surface area contributed by atoms with Gasteiger partial charge in [-0.1, -0.05) is 11.6 Å². The third-order valence-electron chi connectivity index (χ3n) is 4.04. The highest BCUT2D eigenvalue weighted by molar-refractivity contribution is 6.32. The molecule has 0 saturated heterocycles. The molecule has 6 N–H and O–H groups in total. The van der Waals surface area contributed by atoms with Crippen LogP contribution in [0.1, 0.15) is 17.9 Å². The van der Waals surface area contributed by atoms with Crippen LogP contribution in [0.2, 0.25) is 5.02 Å². The summed E-state index contributed by atoms with van der Waals surface area (Å²) in [6.45, 7) is 0. The van der Waals surface area contributed by atoms with E-state index in [2.05, 4.69) is 20.6 Å². The smallest absolute Gasteiger partial charge is 0.232 e. The molecule has 142 valence electrons. The summed E-state index contributed by atoms with van der Waals surface area (Å²) in [6, 6.07) is 3.03. The molecule has 1 aromatic heterocycles. The van der Waals surface area contributed by atoms with Crippen LogP contribution < -0.4 is 31.6 Å². The number of nitrogens with zero attached hydrogens (tertiary/aromatic N) is 2. The highest BCUT2D eigenvalue weighted by Crippen LogP contribution is 2.39. The van der Waals surface area contributed by atoms with E-state index in [4.69, 9.17) is 32.5 Å². The molecule has 0 saturated carbocycles. The molecule has 2 amide bonds. The Labute approximate surface area is 159 Å². The van der Waals surface area contributed by atoms with Gasteiger partial charge in [0, 0.05) is 18.6 Å². The number of nitrogen functional groups attached to an aromatic ring is 2. The quantitative estimate of drug-likeness (QED) is 0.608. The van der Waals surface area contributed by atoms with E-state index in [1.54, 1.807) is 0 Å². The minimum Gasteiger partial charge on any atom is -0.495 e. The number of fused-ring (bicyclic) bond motifs is 1. The molecule has 3 rings (SSSR count). The average Bonchev–Trinajstić information content (AvgIpc) is 2.61. The number of halogens is 1. The number of hydrogen-bond donors (Lipinski definition) is 4. The lowest BCUT2D eigenvalue weighted by Gasteiger charge is -2.25. The number of nitrogens with one attached hydrogen (secondary N) is 2. The molecule has 27 heavy (non-hydrogen) atoms. The van der Waals surface area contributed by atoms with Crippen LogP contribution in [0.3, 0.4) is 0 Å². The monoisotopic (exact) mass is 392 g/mol. The summed E-state index contributed by atoms with van der Waals surface area (Å²) in [4.78, 5) is 32.7. The molecule has 2 aromatic rings. The Hall–Kier alpha value is -3.27. The van der Waals surface area contributed by atoms with E-state index in [9.17, 15) is 9.59 Å². The van der Waals surface area contributed by atoms with Crippen molar-refractivity contribution in [1.82, 2.24) is 9.97 Å². The first-order valence-electron chi connectivity index (χ1n) is 7.79. The number of hydrogen-bond acceptors (Lipinski definition) is 8. The van der Waals surface area contributed by atoms with Gasteiger partial charge in [-0.3, -0.25) is 9.59 Å². The molecule has 1 aliphatic rings. The van der Waals surface area contributed by atoms with Crippen molar-refractivity contribution in [3.63, 3.8) is 0 Å². The molecular weight excluding hydrogens is 376 g/mol. The number of amides is 2. The largest absolute Gasteiger partial charge is 0.495 e. The van der Waals surface area contributed by atoms with E-state index < -0.39 is 11.8 Å². The maximum Gasteiger partial charge on any atom is 0.232 e. The number of benzene rings is 1. The van der Waals surface area contributed by atoms with Crippen molar-refractivity contribution in [1.29, 1.82) is 0 Å². The van der Waals surface area contributed by atoms with Gasteiger partial charge in [-0.25, -0.2) is 0 Å². The topological polar surface area (TPSA) is 154 Å². The summed E-state index contributed by atoms with van der Waals surface area (Å²) in [5.74, 6) is -1.05. The second kappa shape index (κ2) is 7.16. The fourth-order valence-corrected chi connectivity index (χ4v) is 3.05. The number of rotatable bonds is 4. The van der Waals surface area contributed by atoms with Crippen molar-refractivity contribution in [3.8, 4) is 11.5 Å². The fourth-order valence-electron chi connectivity index (χ4n) is 2.82. The third kappa shape index (κ3) is 3.51. The minimum atomic E-state index is -0.902. The lowest BCUT2D eigenvalue weighted by Crippen LogP contribution is -2.32. The summed E-state index contributed by atoms with van der Waals surface area (Å²) in [5, 5.41) is 5.58. The van der Waals surface area contributed by atoms with E-state index in [-0.39, 0.29) is 29.9 Å². The zero-order valence-electron chi connectivity index (χ0n) is 14.5. The van der Waals surface area contributed by atoms with E-state index in [1.807, 2.05) is 0 Å².